The second kappa shape index (κ2) is 9.63. The molecule has 2 aromatic carbocycles. The standard InChI is InChI=1S/C23H22N4O4S2/c1-13-5-7-14(8-6-13)19-20-21(33-26-19)22(29)27(2)23(25-20)32-12-18(28)24-15-9-10-16(30-3)17(11-15)31-4/h5-11H,12H2,1-4H3,(H,24,28). The fourth-order valence-electron chi connectivity index (χ4n) is 3.21. The number of thioether (sulfide) groups is 1. The molecule has 2 heterocycles. The minimum Gasteiger partial charge on any atom is -0.493 e. The van der Waals surface area contributed by atoms with Crippen LogP contribution < -0.4 is 20.3 Å². The molecule has 0 saturated heterocycles. The van der Waals surface area contributed by atoms with Crippen LogP contribution in [-0.4, -0.2) is 39.8 Å². The van der Waals surface area contributed by atoms with Crippen molar-refractivity contribution in [1.29, 1.82) is 0 Å². The fraction of sp³-hybridized carbons (Fsp3) is 0.217. The number of benzene rings is 2. The van der Waals surface area contributed by atoms with Gasteiger partial charge in [-0.25, -0.2) is 4.98 Å². The Hall–Kier alpha value is -3.37. The van der Waals surface area contributed by atoms with Crippen LogP contribution in [-0.2, 0) is 11.8 Å². The summed E-state index contributed by atoms with van der Waals surface area (Å²) in [7, 11) is 4.73. The molecule has 0 atom stereocenters. The molecule has 4 rings (SSSR count). The third-order valence-electron chi connectivity index (χ3n) is 4.99. The second-order valence-electron chi connectivity index (χ2n) is 7.24. The fourth-order valence-corrected chi connectivity index (χ4v) is 4.79. The number of hydrogen-bond acceptors (Lipinski definition) is 8. The van der Waals surface area contributed by atoms with E-state index in [0.717, 1.165) is 22.7 Å². The predicted octanol–water partition coefficient (Wildman–Crippen LogP) is 4.11. The lowest BCUT2D eigenvalue weighted by Gasteiger charge is -2.11. The number of rotatable bonds is 7. The van der Waals surface area contributed by atoms with Gasteiger partial charge in [-0.15, -0.1) is 0 Å². The Morgan fingerprint density at radius 1 is 1.12 bits per heavy atom. The molecular weight excluding hydrogens is 460 g/mol. The molecule has 0 fully saturated rings. The highest BCUT2D eigenvalue weighted by Crippen LogP contribution is 2.31. The highest BCUT2D eigenvalue weighted by atomic mass is 32.2. The summed E-state index contributed by atoms with van der Waals surface area (Å²) >= 11 is 2.33. The molecule has 1 N–H and O–H groups in total. The van der Waals surface area contributed by atoms with E-state index in [4.69, 9.17) is 9.47 Å². The SMILES string of the molecule is COc1ccc(NC(=O)CSc2nc3c(-c4ccc(C)cc4)nsc3c(=O)n2C)cc1OC. The Morgan fingerprint density at radius 2 is 1.85 bits per heavy atom. The topological polar surface area (TPSA) is 95.3 Å². The van der Waals surface area contributed by atoms with Gasteiger partial charge >= 0.3 is 0 Å². The summed E-state index contributed by atoms with van der Waals surface area (Å²) in [6, 6.07) is 13.1. The molecule has 0 spiro atoms. The van der Waals surface area contributed by atoms with Crippen LogP contribution in [0.1, 0.15) is 5.56 Å². The molecular formula is C23H22N4O4S2. The van der Waals surface area contributed by atoms with Gasteiger partial charge in [0.2, 0.25) is 5.91 Å². The van der Waals surface area contributed by atoms with Crippen LogP contribution in [0.15, 0.2) is 52.4 Å². The number of aromatic nitrogens is 3. The summed E-state index contributed by atoms with van der Waals surface area (Å²) in [5.74, 6) is 0.943. The smallest absolute Gasteiger partial charge is 0.273 e. The number of methoxy groups -OCH3 is 2. The van der Waals surface area contributed by atoms with Crippen LogP contribution in [0, 0.1) is 6.92 Å². The Balaban J connectivity index is 1.55. The average Bonchev–Trinajstić information content (AvgIpc) is 3.24. The zero-order valence-electron chi connectivity index (χ0n) is 18.5. The van der Waals surface area contributed by atoms with E-state index in [-0.39, 0.29) is 17.2 Å². The third kappa shape index (κ3) is 4.71. The molecule has 0 aliphatic carbocycles. The molecule has 0 aliphatic rings. The van der Waals surface area contributed by atoms with Gasteiger partial charge in [0, 0.05) is 24.4 Å². The average molecular weight is 483 g/mol. The van der Waals surface area contributed by atoms with Gasteiger partial charge in [0.05, 0.1) is 20.0 Å². The minimum absolute atomic E-state index is 0.0809. The maximum absolute atomic E-state index is 12.9. The molecule has 170 valence electrons. The maximum Gasteiger partial charge on any atom is 0.273 e. The number of nitrogens with zero attached hydrogens (tertiary/aromatic N) is 3. The lowest BCUT2D eigenvalue weighted by Crippen LogP contribution is -2.20. The van der Waals surface area contributed by atoms with Crippen LogP contribution >= 0.6 is 23.3 Å². The molecule has 0 radical (unpaired) electrons. The molecule has 10 heteroatoms. The van der Waals surface area contributed by atoms with Gasteiger partial charge in [-0.3, -0.25) is 14.2 Å². The van der Waals surface area contributed by atoms with E-state index in [2.05, 4.69) is 14.7 Å². The Labute approximate surface area is 198 Å². The van der Waals surface area contributed by atoms with Gasteiger partial charge in [0.25, 0.3) is 5.56 Å². The van der Waals surface area contributed by atoms with E-state index in [1.807, 2.05) is 31.2 Å². The number of fused-ring (bicyclic) bond motifs is 1. The molecule has 0 bridgehead atoms. The molecule has 0 unspecified atom stereocenters. The molecule has 0 aliphatic heterocycles. The van der Waals surface area contributed by atoms with Crippen LogP contribution in [0.25, 0.3) is 21.5 Å². The zero-order valence-corrected chi connectivity index (χ0v) is 20.2. The number of anilines is 1. The highest BCUT2D eigenvalue weighted by molar-refractivity contribution is 7.99. The number of nitrogens with one attached hydrogen (secondary N) is 1. The van der Waals surface area contributed by atoms with Gasteiger partial charge in [0.1, 0.15) is 15.9 Å². The summed E-state index contributed by atoms with van der Waals surface area (Å²) in [6.07, 6.45) is 0. The van der Waals surface area contributed by atoms with Crippen molar-refractivity contribution in [3.05, 3.63) is 58.4 Å². The van der Waals surface area contributed by atoms with Gasteiger partial charge in [-0.2, -0.15) is 4.37 Å². The first-order valence-corrected chi connectivity index (χ1v) is 11.7. The number of ether oxygens (including phenoxy) is 2. The Morgan fingerprint density at radius 3 is 2.55 bits per heavy atom. The summed E-state index contributed by atoms with van der Waals surface area (Å²) in [6.45, 7) is 2.01. The molecule has 1 amide bonds. The number of aryl methyl sites for hydroxylation is 1. The number of hydrogen-bond donors (Lipinski definition) is 1. The molecule has 0 saturated carbocycles. The summed E-state index contributed by atoms with van der Waals surface area (Å²) < 4.78 is 16.9. The van der Waals surface area contributed by atoms with Crippen molar-refractivity contribution in [2.45, 2.75) is 12.1 Å². The maximum atomic E-state index is 12.9. The van der Waals surface area contributed by atoms with E-state index in [9.17, 15) is 9.59 Å². The second-order valence-corrected chi connectivity index (χ2v) is 8.96. The van der Waals surface area contributed by atoms with Gasteiger partial charge in [0.15, 0.2) is 16.7 Å². The van der Waals surface area contributed by atoms with Crippen molar-refractivity contribution in [1.82, 2.24) is 13.9 Å². The van der Waals surface area contributed by atoms with Gasteiger partial charge in [-0.1, -0.05) is 41.6 Å². The molecule has 2 aromatic heterocycles. The van der Waals surface area contributed by atoms with Crippen molar-refractivity contribution in [2.75, 3.05) is 25.3 Å². The largest absolute Gasteiger partial charge is 0.493 e. The van der Waals surface area contributed by atoms with Crippen LogP contribution in [0.4, 0.5) is 5.69 Å². The summed E-state index contributed by atoms with van der Waals surface area (Å²) in [5.41, 5.74) is 3.66. The first-order valence-electron chi connectivity index (χ1n) is 9.99. The van der Waals surface area contributed by atoms with Gasteiger partial charge < -0.3 is 14.8 Å². The van der Waals surface area contributed by atoms with E-state index in [1.54, 1.807) is 32.4 Å². The van der Waals surface area contributed by atoms with Crippen LogP contribution in [0.2, 0.25) is 0 Å². The highest BCUT2D eigenvalue weighted by Gasteiger charge is 2.18. The van der Waals surface area contributed by atoms with Crippen molar-refractivity contribution in [3.8, 4) is 22.8 Å². The number of carbonyl (C=O) groups is 1. The molecule has 33 heavy (non-hydrogen) atoms. The van der Waals surface area contributed by atoms with Gasteiger partial charge in [-0.05, 0) is 30.6 Å². The normalized spacial score (nSPS) is 10.9. The number of amides is 1. The van der Waals surface area contributed by atoms with Crippen LogP contribution in [0.3, 0.4) is 0 Å². The zero-order chi connectivity index (χ0) is 23.5. The third-order valence-corrected chi connectivity index (χ3v) is 6.84. The first-order chi connectivity index (χ1) is 15.9. The van der Waals surface area contributed by atoms with Crippen molar-refractivity contribution >= 4 is 45.1 Å². The van der Waals surface area contributed by atoms with E-state index >= 15 is 0 Å². The summed E-state index contributed by atoms with van der Waals surface area (Å²) in [4.78, 5) is 30.1. The molecule has 8 nitrogen and oxygen atoms in total. The number of carbonyl (C=O) groups excluding carboxylic acids is 1. The quantitative estimate of drug-likeness (QED) is 0.313. The van der Waals surface area contributed by atoms with Crippen molar-refractivity contribution in [3.63, 3.8) is 0 Å². The van der Waals surface area contributed by atoms with E-state index in [0.29, 0.717) is 38.3 Å². The Bertz CT molecular complexity index is 1380. The lowest BCUT2D eigenvalue weighted by molar-refractivity contribution is -0.113. The summed E-state index contributed by atoms with van der Waals surface area (Å²) in [5, 5.41) is 3.27. The van der Waals surface area contributed by atoms with Crippen LogP contribution in [0.5, 0.6) is 11.5 Å². The predicted molar refractivity (Wildman–Crippen MR) is 132 cm³/mol. The lowest BCUT2D eigenvalue weighted by atomic mass is 10.1. The monoisotopic (exact) mass is 482 g/mol. The van der Waals surface area contributed by atoms with E-state index in [1.165, 1.54) is 23.4 Å². The molecule has 4 aromatic rings. The van der Waals surface area contributed by atoms with Crippen molar-refractivity contribution in [2.24, 2.45) is 7.05 Å². The Kier molecular flexibility index (Phi) is 6.66. The van der Waals surface area contributed by atoms with Crippen molar-refractivity contribution < 1.29 is 14.3 Å². The van der Waals surface area contributed by atoms with E-state index < -0.39 is 0 Å². The minimum atomic E-state index is -0.233. The first kappa shape index (κ1) is 22.8.